The summed E-state index contributed by atoms with van der Waals surface area (Å²) >= 11 is 5.90. The monoisotopic (exact) mass is 484 g/mol. The van der Waals surface area contributed by atoms with Gasteiger partial charge in [-0.15, -0.1) is 0 Å². The van der Waals surface area contributed by atoms with E-state index < -0.39 is 0 Å². The van der Waals surface area contributed by atoms with Gasteiger partial charge in [-0.05, 0) is 61.1 Å². The summed E-state index contributed by atoms with van der Waals surface area (Å²) in [6, 6.07) is 7.99. The van der Waals surface area contributed by atoms with E-state index in [4.69, 9.17) is 21.1 Å². The Bertz CT molecular complexity index is 942. The fraction of sp³-hybridized carbons (Fsp3) is 0.577. The van der Waals surface area contributed by atoms with Crippen molar-refractivity contribution < 1.29 is 14.3 Å². The fourth-order valence-corrected chi connectivity index (χ4v) is 5.41. The quantitative estimate of drug-likeness (QED) is 0.567. The normalized spacial score (nSPS) is 23.1. The minimum Gasteiger partial charge on any atom is -0.494 e. The van der Waals surface area contributed by atoms with Crippen LogP contribution in [0, 0.1) is 17.8 Å². The molecule has 2 atom stereocenters. The molecular weight excluding hydrogens is 452 g/mol. The van der Waals surface area contributed by atoms with Gasteiger partial charge in [-0.25, -0.2) is 9.97 Å². The number of hydrogen-bond acceptors (Lipinski definition) is 6. The molecule has 2 aliphatic heterocycles. The Morgan fingerprint density at radius 2 is 1.76 bits per heavy atom. The molecule has 7 nitrogen and oxygen atoms in total. The van der Waals surface area contributed by atoms with Crippen LogP contribution in [-0.4, -0.2) is 66.8 Å². The van der Waals surface area contributed by atoms with Crippen molar-refractivity contribution in [3.8, 4) is 5.75 Å². The zero-order chi connectivity index (χ0) is 23.3. The van der Waals surface area contributed by atoms with E-state index >= 15 is 0 Å². The number of hydrogen-bond donors (Lipinski definition) is 0. The summed E-state index contributed by atoms with van der Waals surface area (Å²) in [7, 11) is 0. The first-order valence-corrected chi connectivity index (χ1v) is 12.8. The maximum Gasteiger partial charge on any atom is 0.227 e. The number of ether oxygens (including phenoxy) is 2. The minimum atomic E-state index is 0.170. The van der Waals surface area contributed by atoms with Crippen LogP contribution >= 0.6 is 11.6 Å². The summed E-state index contributed by atoms with van der Waals surface area (Å²) in [5.41, 5.74) is 1.03. The van der Waals surface area contributed by atoms with Crippen LogP contribution in [0.15, 0.2) is 36.7 Å². The van der Waals surface area contributed by atoms with Gasteiger partial charge in [-0.1, -0.05) is 23.7 Å². The number of nitrogens with zero attached hydrogens (tertiary/aromatic N) is 4. The lowest BCUT2D eigenvalue weighted by Crippen LogP contribution is -2.41. The average Bonchev–Trinajstić information content (AvgIpc) is 3.66. The predicted molar refractivity (Wildman–Crippen MR) is 131 cm³/mol. The van der Waals surface area contributed by atoms with Crippen molar-refractivity contribution >= 4 is 23.5 Å². The number of carbonyl (C=O) groups is 1. The number of rotatable bonds is 8. The topological polar surface area (TPSA) is 67.8 Å². The predicted octanol–water partition coefficient (Wildman–Crippen LogP) is 3.85. The molecular formula is C26H33ClN4O3. The molecule has 1 aromatic carbocycles. The third-order valence-corrected chi connectivity index (χ3v) is 7.61. The Labute approximate surface area is 206 Å². The maximum atomic E-state index is 12.4. The molecule has 0 spiro atoms. The van der Waals surface area contributed by atoms with Crippen LogP contribution in [0.25, 0.3) is 0 Å². The lowest BCUT2D eigenvalue weighted by molar-refractivity contribution is -0.134. The third kappa shape index (κ3) is 5.99. The lowest BCUT2D eigenvalue weighted by Gasteiger charge is -2.32. The number of amides is 1. The highest BCUT2D eigenvalue weighted by molar-refractivity contribution is 6.30. The van der Waals surface area contributed by atoms with Gasteiger partial charge in [0.05, 0.1) is 43.7 Å². The van der Waals surface area contributed by atoms with Crippen LogP contribution in [0.4, 0.5) is 5.95 Å². The number of anilines is 1. The average molecular weight is 485 g/mol. The largest absolute Gasteiger partial charge is 0.494 e. The second-order valence-corrected chi connectivity index (χ2v) is 10.1. The highest BCUT2D eigenvalue weighted by Crippen LogP contribution is 2.49. The van der Waals surface area contributed by atoms with Crippen LogP contribution < -0.4 is 9.64 Å². The molecule has 182 valence electrons. The zero-order valence-corrected chi connectivity index (χ0v) is 20.3. The number of halogens is 1. The van der Waals surface area contributed by atoms with Crippen molar-refractivity contribution in [3.63, 3.8) is 0 Å². The van der Waals surface area contributed by atoms with Crippen LogP contribution in [0.5, 0.6) is 5.75 Å². The Hall–Kier alpha value is -2.38. The lowest BCUT2D eigenvalue weighted by atomic mass is 9.90. The van der Waals surface area contributed by atoms with Gasteiger partial charge in [0.2, 0.25) is 11.9 Å². The Morgan fingerprint density at radius 3 is 2.47 bits per heavy atom. The first kappa shape index (κ1) is 23.4. The number of benzene rings is 1. The Morgan fingerprint density at radius 1 is 1.06 bits per heavy atom. The van der Waals surface area contributed by atoms with E-state index in [1.54, 1.807) is 12.4 Å². The Kier molecular flexibility index (Phi) is 7.50. The summed E-state index contributed by atoms with van der Waals surface area (Å²) in [4.78, 5) is 25.3. The van der Waals surface area contributed by atoms with Gasteiger partial charge in [0, 0.05) is 26.2 Å². The summed E-state index contributed by atoms with van der Waals surface area (Å²) < 4.78 is 11.3. The number of aromatic nitrogens is 2. The molecule has 3 aliphatic rings. The molecule has 2 saturated heterocycles. The number of morpholine rings is 1. The first-order valence-electron chi connectivity index (χ1n) is 12.5. The molecule has 2 aromatic rings. The third-order valence-electron chi connectivity index (χ3n) is 7.41. The van der Waals surface area contributed by atoms with Crippen molar-refractivity contribution in [3.05, 3.63) is 47.2 Å². The smallest absolute Gasteiger partial charge is 0.227 e. The second kappa shape index (κ2) is 10.9. The molecule has 8 heteroatoms. The summed E-state index contributed by atoms with van der Waals surface area (Å²) in [6.45, 7) is 5.45. The molecule has 3 fully saturated rings. The number of carbonyl (C=O) groups excluding carboxylic acids is 1. The molecule has 1 aromatic heterocycles. The molecule has 1 saturated carbocycles. The molecule has 1 amide bonds. The van der Waals surface area contributed by atoms with E-state index in [0.717, 1.165) is 61.1 Å². The SMILES string of the molecule is O=C(Cc1ccc(OCC[C@H]2C[C@H]2C2CCN(c3ncc(Cl)cn3)CC2)cc1)N1CCOCC1. The molecule has 0 N–H and O–H groups in total. The standard InChI is InChI=1S/C26H33ClN4O3/c27-22-17-28-26(29-18-22)31-8-5-20(6-9-31)24-16-21(24)7-12-34-23-3-1-19(2-4-23)15-25(32)30-10-13-33-14-11-30/h1-4,17-18,20-21,24H,5-16H2/t21-,24-/m0/s1. The van der Waals surface area contributed by atoms with Gasteiger partial charge in [0.25, 0.3) is 0 Å². The molecule has 1 aliphatic carbocycles. The van der Waals surface area contributed by atoms with Crippen molar-refractivity contribution in [2.75, 3.05) is 50.9 Å². The molecule has 3 heterocycles. The van der Waals surface area contributed by atoms with E-state index in [1.807, 2.05) is 29.2 Å². The van der Waals surface area contributed by atoms with E-state index in [2.05, 4.69) is 14.9 Å². The van der Waals surface area contributed by atoms with Gasteiger partial charge in [0.15, 0.2) is 0 Å². The second-order valence-electron chi connectivity index (χ2n) is 9.64. The minimum absolute atomic E-state index is 0.170. The van der Waals surface area contributed by atoms with E-state index in [0.29, 0.717) is 37.7 Å². The van der Waals surface area contributed by atoms with Crippen LogP contribution in [0.2, 0.25) is 5.02 Å². The summed E-state index contributed by atoms with van der Waals surface area (Å²) in [5.74, 6) is 4.27. The van der Waals surface area contributed by atoms with E-state index in [9.17, 15) is 4.79 Å². The zero-order valence-electron chi connectivity index (χ0n) is 19.6. The van der Waals surface area contributed by atoms with Crippen molar-refractivity contribution in [2.24, 2.45) is 17.8 Å². The van der Waals surface area contributed by atoms with Crippen molar-refractivity contribution in [2.45, 2.75) is 32.1 Å². The molecule has 5 rings (SSSR count). The molecule has 0 bridgehead atoms. The molecule has 0 radical (unpaired) electrons. The van der Waals surface area contributed by atoms with Crippen molar-refractivity contribution in [1.29, 1.82) is 0 Å². The van der Waals surface area contributed by atoms with Gasteiger partial charge in [-0.2, -0.15) is 0 Å². The highest BCUT2D eigenvalue weighted by atomic mass is 35.5. The molecule has 34 heavy (non-hydrogen) atoms. The van der Waals surface area contributed by atoms with E-state index in [1.165, 1.54) is 19.3 Å². The van der Waals surface area contributed by atoms with Gasteiger partial charge >= 0.3 is 0 Å². The summed E-state index contributed by atoms with van der Waals surface area (Å²) in [6.07, 6.45) is 8.64. The summed E-state index contributed by atoms with van der Waals surface area (Å²) in [5, 5.41) is 0.580. The van der Waals surface area contributed by atoms with Gasteiger partial charge in [-0.3, -0.25) is 4.79 Å². The maximum absolute atomic E-state index is 12.4. The fourth-order valence-electron chi connectivity index (χ4n) is 5.31. The van der Waals surface area contributed by atoms with Gasteiger partial charge < -0.3 is 19.3 Å². The van der Waals surface area contributed by atoms with Gasteiger partial charge in [0.1, 0.15) is 5.75 Å². The number of piperidine rings is 1. The van der Waals surface area contributed by atoms with E-state index in [-0.39, 0.29) is 5.91 Å². The highest BCUT2D eigenvalue weighted by Gasteiger charge is 2.43. The van der Waals surface area contributed by atoms with Crippen LogP contribution in [-0.2, 0) is 16.0 Å². The first-order chi connectivity index (χ1) is 16.7. The van der Waals surface area contributed by atoms with Crippen LogP contribution in [0.3, 0.4) is 0 Å². The van der Waals surface area contributed by atoms with Crippen molar-refractivity contribution in [1.82, 2.24) is 14.9 Å². The van der Waals surface area contributed by atoms with Crippen LogP contribution in [0.1, 0.15) is 31.2 Å². The Balaban J connectivity index is 0.992. The molecule has 0 unspecified atom stereocenters.